The molecule has 1 atom stereocenters. The van der Waals surface area contributed by atoms with E-state index in [-0.39, 0.29) is 11.8 Å². The van der Waals surface area contributed by atoms with Crippen molar-refractivity contribution in [3.63, 3.8) is 0 Å². The zero-order valence-corrected chi connectivity index (χ0v) is 17.8. The van der Waals surface area contributed by atoms with Gasteiger partial charge in [-0.05, 0) is 44.4 Å². The van der Waals surface area contributed by atoms with Crippen LogP contribution in [-0.2, 0) is 10.5 Å². The fraction of sp³-hybridized carbons (Fsp3) is 0.381. The third kappa shape index (κ3) is 3.86. The summed E-state index contributed by atoms with van der Waals surface area (Å²) in [5.41, 5.74) is 6.83. The maximum atomic E-state index is 11.8. The van der Waals surface area contributed by atoms with Gasteiger partial charge in [-0.2, -0.15) is 0 Å². The summed E-state index contributed by atoms with van der Waals surface area (Å²) >= 11 is 3.46. The van der Waals surface area contributed by atoms with Crippen molar-refractivity contribution in [1.29, 1.82) is 0 Å². The molecular formula is C21H24N4OS2. The van der Waals surface area contributed by atoms with Gasteiger partial charge < -0.3 is 10.6 Å². The lowest BCUT2D eigenvalue weighted by Crippen LogP contribution is -2.41. The molecule has 3 aromatic rings. The molecule has 28 heavy (non-hydrogen) atoms. The molecule has 0 aliphatic carbocycles. The summed E-state index contributed by atoms with van der Waals surface area (Å²) in [6.45, 7) is 5.80. The number of benzene rings is 1. The number of primary amides is 1. The number of carbonyl (C=O) groups excluding carboxylic acids is 1. The number of aryl methyl sites for hydroxylation is 2. The zero-order chi connectivity index (χ0) is 19.7. The fourth-order valence-corrected chi connectivity index (χ4v) is 5.45. The van der Waals surface area contributed by atoms with Crippen molar-refractivity contribution in [2.45, 2.75) is 37.3 Å². The quantitative estimate of drug-likeness (QED) is 0.633. The average Bonchev–Trinajstić information content (AvgIpc) is 3.00. The molecule has 2 aromatic heterocycles. The van der Waals surface area contributed by atoms with E-state index in [1.165, 1.54) is 15.3 Å². The Morgan fingerprint density at radius 2 is 2.07 bits per heavy atom. The van der Waals surface area contributed by atoms with Crippen LogP contribution in [0.2, 0.25) is 0 Å². The number of hydrogen-bond donors (Lipinski definition) is 1. The van der Waals surface area contributed by atoms with Crippen molar-refractivity contribution in [1.82, 2.24) is 9.97 Å². The van der Waals surface area contributed by atoms with Crippen LogP contribution < -0.4 is 10.6 Å². The van der Waals surface area contributed by atoms with Gasteiger partial charge in [0.15, 0.2) is 0 Å². The van der Waals surface area contributed by atoms with Gasteiger partial charge in [-0.1, -0.05) is 18.2 Å². The lowest BCUT2D eigenvalue weighted by molar-refractivity contribution is -0.122. The molecule has 5 nitrogen and oxygen atoms in total. The van der Waals surface area contributed by atoms with Crippen molar-refractivity contribution < 1.29 is 4.79 Å². The van der Waals surface area contributed by atoms with Crippen molar-refractivity contribution in [2.24, 2.45) is 11.7 Å². The number of rotatable bonds is 5. The van der Waals surface area contributed by atoms with E-state index in [2.05, 4.69) is 30.9 Å². The third-order valence-corrected chi connectivity index (χ3v) is 7.40. The second kappa shape index (κ2) is 8.09. The summed E-state index contributed by atoms with van der Waals surface area (Å²) < 4.78 is 0. The second-order valence-corrected chi connectivity index (χ2v) is 9.47. The number of fused-ring (bicyclic) bond motifs is 1. The van der Waals surface area contributed by atoms with Crippen molar-refractivity contribution >= 4 is 45.0 Å². The van der Waals surface area contributed by atoms with E-state index >= 15 is 0 Å². The van der Waals surface area contributed by atoms with E-state index in [0.717, 1.165) is 47.0 Å². The number of nitrogens with two attached hydrogens (primary N) is 1. The monoisotopic (exact) mass is 412 g/mol. The minimum absolute atomic E-state index is 0.110. The van der Waals surface area contributed by atoms with Crippen LogP contribution in [0.4, 0.5) is 5.82 Å². The predicted molar refractivity (Wildman–Crippen MR) is 117 cm³/mol. The first kappa shape index (κ1) is 19.2. The normalized spacial score (nSPS) is 17.2. The highest BCUT2D eigenvalue weighted by molar-refractivity contribution is 7.98. The minimum Gasteiger partial charge on any atom is -0.369 e. The highest BCUT2D eigenvalue weighted by Crippen LogP contribution is 2.37. The first-order chi connectivity index (χ1) is 13.5. The minimum atomic E-state index is -0.215. The van der Waals surface area contributed by atoms with Crippen molar-refractivity contribution in [3.05, 3.63) is 46.6 Å². The third-order valence-electron chi connectivity index (χ3n) is 5.29. The number of nitrogens with zero attached hydrogens (tertiary/aromatic N) is 3. The number of carbonyl (C=O) groups is 1. The van der Waals surface area contributed by atoms with E-state index in [4.69, 9.17) is 15.7 Å². The number of hydrogen-bond acceptors (Lipinski definition) is 6. The van der Waals surface area contributed by atoms with Gasteiger partial charge >= 0.3 is 0 Å². The highest BCUT2D eigenvalue weighted by Gasteiger charge is 2.27. The Balaban J connectivity index is 1.70. The Kier molecular flexibility index (Phi) is 5.55. The summed E-state index contributed by atoms with van der Waals surface area (Å²) in [6.07, 6.45) is 1.81. The molecule has 0 radical (unpaired) electrons. The number of thioether (sulfide) groups is 1. The lowest BCUT2D eigenvalue weighted by Gasteiger charge is -2.32. The molecule has 4 rings (SSSR count). The zero-order valence-electron chi connectivity index (χ0n) is 16.1. The van der Waals surface area contributed by atoms with Gasteiger partial charge in [0.2, 0.25) is 5.91 Å². The molecule has 146 valence electrons. The Morgan fingerprint density at radius 1 is 1.29 bits per heavy atom. The molecule has 0 saturated carbocycles. The van der Waals surface area contributed by atoms with Crippen LogP contribution in [-0.4, -0.2) is 29.0 Å². The van der Waals surface area contributed by atoms with Crippen LogP contribution in [0, 0.1) is 19.8 Å². The molecule has 3 heterocycles. The molecule has 1 amide bonds. The maximum absolute atomic E-state index is 11.8. The summed E-state index contributed by atoms with van der Waals surface area (Å²) in [6, 6.07) is 10.3. The van der Waals surface area contributed by atoms with Crippen LogP contribution in [0.3, 0.4) is 0 Å². The summed E-state index contributed by atoms with van der Waals surface area (Å²) in [5.74, 6) is 2.19. The van der Waals surface area contributed by atoms with Gasteiger partial charge in [0.25, 0.3) is 0 Å². The van der Waals surface area contributed by atoms with E-state index in [1.54, 1.807) is 23.1 Å². The molecular weight excluding hydrogens is 388 g/mol. The van der Waals surface area contributed by atoms with Crippen LogP contribution >= 0.6 is 23.1 Å². The number of aromatic nitrogens is 2. The predicted octanol–water partition coefficient (Wildman–Crippen LogP) is 4.30. The number of anilines is 1. The SMILES string of the molecule is Cc1sc2nc(CSc3ccccc3)nc(N3CCC[C@@H](C(N)=O)C3)c2c1C. The van der Waals surface area contributed by atoms with E-state index in [0.29, 0.717) is 6.54 Å². The van der Waals surface area contributed by atoms with Gasteiger partial charge in [0.05, 0.1) is 17.1 Å². The number of piperidine rings is 1. The molecule has 1 aliphatic heterocycles. The first-order valence-corrected chi connectivity index (χ1v) is 11.3. The molecule has 0 bridgehead atoms. The Labute approximate surface area is 173 Å². The van der Waals surface area contributed by atoms with E-state index in [9.17, 15) is 4.79 Å². The Morgan fingerprint density at radius 3 is 2.82 bits per heavy atom. The molecule has 1 saturated heterocycles. The molecule has 7 heteroatoms. The highest BCUT2D eigenvalue weighted by atomic mass is 32.2. The molecule has 1 aliphatic rings. The summed E-state index contributed by atoms with van der Waals surface area (Å²) in [4.78, 5) is 27.3. The van der Waals surface area contributed by atoms with E-state index in [1.807, 2.05) is 18.2 Å². The smallest absolute Gasteiger partial charge is 0.222 e. The molecule has 1 fully saturated rings. The molecule has 0 spiro atoms. The van der Waals surface area contributed by atoms with Crippen molar-refractivity contribution in [2.75, 3.05) is 18.0 Å². The Hall–Kier alpha value is -2.12. The average molecular weight is 413 g/mol. The topological polar surface area (TPSA) is 72.1 Å². The van der Waals surface area contributed by atoms with E-state index < -0.39 is 0 Å². The van der Waals surface area contributed by atoms with Gasteiger partial charge in [-0.25, -0.2) is 9.97 Å². The van der Waals surface area contributed by atoms with Crippen LogP contribution in [0.15, 0.2) is 35.2 Å². The first-order valence-electron chi connectivity index (χ1n) is 9.51. The molecule has 1 aromatic carbocycles. The summed E-state index contributed by atoms with van der Waals surface area (Å²) in [7, 11) is 0. The number of amides is 1. The molecule has 2 N–H and O–H groups in total. The van der Waals surface area contributed by atoms with Crippen molar-refractivity contribution in [3.8, 4) is 0 Å². The van der Waals surface area contributed by atoms with Crippen LogP contribution in [0.25, 0.3) is 10.2 Å². The summed E-state index contributed by atoms with van der Waals surface area (Å²) in [5, 5.41) is 1.13. The van der Waals surface area contributed by atoms with Gasteiger partial charge in [0, 0.05) is 22.9 Å². The number of thiophene rings is 1. The molecule has 0 unspecified atom stereocenters. The van der Waals surface area contributed by atoms with Crippen LogP contribution in [0.5, 0.6) is 0 Å². The van der Waals surface area contributed by atoms with Gasteiger partial charge in [-0.3, -0.25) is 4.79 Å². The standard InChI is InChI=1S/C21H24N4OS2/c1-13-14(2)28-21-18(13)20(25-10-6-7-15(11-25)19(22)26)23-17(24-21)12-27-16-8-4-3-5-9-16/h3-5,8-9,15H,6-7,10-12H2,1-2H3,(H2,22,26)/t15-/m1/s1. The Bertz CT molecular complexity index is 1000. The second-order valence-electron chi connectivity index (χ2n) is 7.22. The van der Waals surface area contributed by atoms with Gasteiger partial charge in [-0.15, -0.1) is 23.1 Å². The lowest BCUT2D eigenvalue weighted by atomic mass is 9.97. The fourth-order valence-electron chi connectivity index (χ4n) is 3.63. The van der Waals surface area contributed by atoms with Gasteiger partial charge in [0.1, 0.15) is 16.5 Å². The maximum Gasteiger partial charge on any atom is 0.222 e. The van der Waals surface area contributed by atoms with Crippen LogP contribution in [0.1, 0.15) is 29.1 Å². The largest absolute Gasteiger partial charge is 0.369 e.